The van der Waals surface area contributed by atoms with Gasteiger partial charge in [-0.05, 0) is 28.9 Å². The van der Waals surface area contributed by atoms with Gasteiger partial charge in [0.25, 0.3) is 0 Å². The Kier molecular flexibility index (Phi) is 3.10. The summed E-state index contributed by atoms with van der Waals surface area (Å²) in [4.78, 5) is 19.6. The fraction of sp³-hybridized carbons (Fsp3) is 0.0769. The van der Waals surface area contributed by atoms with E-state index in [2.05, 4.69) is 15.4 Å². The molecule has 7 nitrogen and oxygen atoms in total. The summed E-state index contributed by atoms with van der Waals surface area (Å²) in [5, 5.41) is 11.5. The smallest absolute Gasteiger partial charge is 0.223 e. The van der Waals surface area contributed by atoms with Crippen molar-refractivity contribution in [3.8, 4) is 0 Å². The zero-order valence-corrected chi connectivity index (χ0v) is 10.4. The maximum atomic E-state index is 11.2. The number of aliphatic imine (C=N–C) groups is 1. The third-order valence-electron chi connectivity index (χ3n) is 2.92. The summed E-state index contributed by atoms with van der Waals surface area (Å²) in [6.07, 6.45) is 3.16. The number of benzene rings is 1. The lowest BCUT2D eigenvalue weighted by Crippen LogP contribution is -2.46. The molecule has 100 valence electrons. The molecule has 0 atom stereocenters. The maximum Gasteiger partial charge on any atom is 0.223 e. The SMILES string of the molecule is O=[N+]([O-])N1NCc2ccccc2N=C1c1cccnc1. The number of nitrogens with one attached hydrogen (secondary N) is 1. The molecule has 1 aromatic heterocycles. The quantitative estimate of drug-likeness (QED) is 0.662. The Morgan fingerprint density at radius 2 is 2.10 bits per heavy atom. The lowest BCUT2D eigenvalue weighted by Gasteiger charge is -2.13. The molecule has 1 aliphatic heterocycles. The van der Waals surface area contributed by atoms with E-state index in [9.17, 15) is 10.1 Å². The normalized spacial score (nSPS) is 14.2. The number of nitrogens with zero attached hydrogens (tertiary/aromatic N) is 4. The number of nitro groups is 1. The van der Waals surface area contributed by atoms with Gasteiger partial charge in [-0.3, -0.25) is 4.98 Å². The van der Waals surface area contributed by atoms with Crippen molar-refractivity contribution >= 4 is 11.5 Å². The van der Waals surface area contributed by atoms with Gasteiger partial charge in [-0.1, -0.05) is 18.2 Å². The number of hydrogen-bond donors (Lipinski definition) is 1. The van der Waals surface area contributed by atoms with Crippen molar-refractivity contribution in [2.45, 2.75) is 6.54 Å². The molecule has 2 heterocycles. The fourth-order valence-corrected chi connectivity index (χ4v) is 1.98. The summed E-state index contributed by atoms with van der Waals surface area (Å²) in [5.41, 5.74) is 4.95. The van der Waals surface area contributed by atoms with Gasteiger partial charge in [0.2, 0.25) is 5.84 Å². The van der Waals surface area contributed by atoms with Crippen LogP contribution in [0.2, 0.25) is 0 Å². The van der Waals surface area contributed by atoms with Crippen LogP contribution < -0.4 is 5.43 Å². The second-order valence-corrected chi connectivity index (χ2v) is 4.19. The van der Waals surface area contributed by atoms with E-state index in [0.29, 0.717) is 17.8 Å². The lowest BCUT2D eigenvalue weighted by molar-refractivity contribution is -0.643. The van der Waals surface area contributed by atoms with Gasteiger partial charge in [-0.2, -0.15) is 5.43 Å². The highest BCUT2D eigenvalue weighted by Gasteiger charge is 2.27. The zero-order chi connectivity index (χ0) is 13.9. The Hall–Kier alpha value is -2.80. The van der Waals surface area contributed by atoms with E-state index in [4.69, 9.17) is 0 Å². The second kappa shape index (κ2) is 5.06. The number of para-hydroxylation sites is 1. The molecule has 3 rings (SSSR count). The van der Waals surface area contributed by atoms with Gasteiger partial charge >= 0.3 is 0 Å². The molecule has 7 heteroatoms. The van der Waals surface area contributed by atoms with Crippen LogP contribution in [0.5, 0.6) is 0 Å². The molecule has 1 N–H and O–H groups in total. The Labute approximate surface area is 114 Å². The highest BCUT2D eigenvalue weighted by atomic mass is 16.7. The van der Waals surface area contributed by atoms with Crippen molar-refractivity contribution in [1.29, 1.82) is 0 Å². The maximum absolute atomic E-state index is 11.2. The van der Waals surface area contributed by atoms with Crippen LogP contribution in [-0.2, 0) is 6.54 Å². The molecule has 2 aromatic rings. The topological polar surface area (TPSA) is 83.7 Å². The molecule has 0 amide bonds. The van der Waals surface area contributed by atoms with E-state index in [1.807, 2.05) is 24.3 Å². The highest BCUT2D eigenvalue weighted by Crippen LogP contribution is 2.23. The van der Waals surface area contributed by atoms with Gasteiger partial charge in [0.05, 0.1) is 5.69 Å². The van der Waals surface area contributed by atoms with Gasteiger partial charge in [0, 0.05) is 24.5 Å². The molecule has 0 radical (unpaired) electrons. The standard InChI is InChI=1S/C13H11N5O2/c19-18(20)17-13(11-5-3-7-14-8-11)16-12-6-2-1-4-10(12)9-15-17/h1-8,15H,9H2. The molecule has 1 aromatic carbocycles. The average Bonchev–Trinajstić information content (AvgIpc) is 2.67. The van der Waals surface area contributed by atoms with Crippen LogP contribution in [0.1, 0.15) is 11.1 Å². The number of rotatable bonds is 2. The lowest BCUT2D eigenvalue weighted by atomic mass is 10.2. The minimum atomic E-state index is -0.530. The molecule has 0 spiro atoms. The van der Waals surface area contributed by atoms with E-state index < -0.39 is 5.03 Å². The summed E-state index contributed by atoms with van der Waals surface area (Å²) in [6, 6.07) is 10.9. The van der Waals surface area contributed by atoms with Crippen LogP contribution >= 0.6 is 0 Å². The van der Waals surface area contributed by atoms with Crippen molar-refractivity contribution in [2.24, 2.45) is 4.99 Å². The third kappa shape index (κ3) is 2.21. The molecular formula is C13H11N5O2. The molecule has 0 fully saturated rings. The van der Waals surface area contributed by atoms with Gasteiger partial charge in [-0.25, -0.2) is 15.1 Å². The predicted octanol–water partition coefficient (Wildman–Crippen LogP) is 1.67. The van der Waals surface area contributed by atoms with E-state index in [0.717, 1.165) is 10.7 Å². The molecule has 1 aliphatic rings. The van der Waals surface area contributed by atoms with Crippen LogP contribution in [0.4, 0.5) is 5.69 Å². The summed E-state index contributed by atoms with van der Waals surface area (Å²) in [5.74, 6) is 0.216. The fourth-order valence-electron chi connectivity index (χ4n) is 1.98. The monoisotopic (exact) mass is 269 g/mol. The molecule has 0 saturated carbocycles. The van der Waals surface area contributed by atoms with Crippen molar-refractivity contribution < 1.29 is 5.03 Å². The van der Waals surface area contributed by atoms with Crippen LogP contribution in [0.15, 0.2) is 53.8 Å². The predicted molar refractivity (Wildman–Crippen MR) is 72.5 cm³/mol. The van der Waals surface area contributed by atoms with E-state index >= 15 is 0 Å². The van der Waals surface area contributed by atoms with Gasteiger partial charge in [0.15, 0.2) is 5.03 Å². The molecular weight excluding hydrogens is 258 g/mol. The molecule has 0 bridgehead atoms. The highest BCUT2D eigenvalue weighted by molar-refractivity contribution is 5.99. The largest absolute Gasteiger partial charge is 0.264 e. The van der Waals surface area contributed by atoms with E-state index in [1.54, 1.807) is 24.5 Å². The van der Waals surface area contributed by atoms with Crippen LogP contribution in [0.25, 0.3) is 0 Å². The minimum Gasteiger partial charge on any atom is -0.264 e. The molecule has 0 unspecified atom stereocenters. The summed E-state index contributed by atoms with van der Waals surface area (Å²) < 4.78 is 0. The first-order valence-corrected chi connectivity index (χ1v) is 6.00. The number of amidine groups is 1. The molecule has 0 saturated heterocycles. The van der Waals surface area contributed by atoms with Crippen LogP contribution in [0.3, 0.4) is 0 Å². The molecule has 20 heavy (non-hydrogen) atoms. The minimum absolute atomic E-state index is 0.216. The van der Waals surface area contributed by atoms with Crippen molar-refractivity contribution in [2.75, 3.05) is 0 Å². The summed E-state index contributed by atoms with van der Waals surface area (Å²) >= 11 is 0. The van der Waals surface area contributed by atoms with E-state index in [1.165, 1.54) is 0 Å². The van der Waals surface area contributed by atoms with Crippen molar-refractivity contribution in [3.05, 3.63) is 70.0 Å². The van der Waals surface area contributed by atoms with Gasteiger partial charge in [-0.15, -0.1) is 0 Å². The number of aromatic nitrogens is 1. The summed E-state index contributed by atoms with van der Waals surface area (Å²) in [6.45, 7) is 0.338. The Bertz CT molecular complexity index is 671. The third-order valence-corrected chi connectivity index (χ3v) is 2.92. The first-order chi connectivity index (χ1) is 9.75. The average molecular weight is 269 g/mol. The first kappa shape index (κ1) is 12.2. The number of fused-ring (bicyclic) bond motifs is 1. The number of hydrogen-bond acceptors (Lipinski definition) is 5. The van der Waals surface area contributed by atoms with Crippen molar-refractivity contribution in [3.63, 3.8) is 0 Å². The Balaban J connectivity index is 2.14. The number of pyridine rings is 1. The van der Waals surface area contributed by atoms with Gasteiger partial charge < -0.3 is 0 Å². The summed E-state index contributed by atoms with van der Waals surface area (Å²) in [7, 11) is 0. The van der Waals surface area contributed by atoms with Crippen LogP contribution in [0, 0.1) is 10.1 Å². The zero-order valence-electron chi connectivity index (χ0n) is 10.4. The first-order valence-electron chi connectivity index (χ1n) is 6.00. The van der Waals surface area contributed by atoms with Crippen molar-refractivity contribution in [1.82, 2.24) is 15.5 Å². The molecule has 0 aliphatic carbocycles. The number of hydrazine groups is 2. The Morgan fingerprint density at radius 1 is 1.25 bits per heavy atom. The van der Waals surface area contributed by atoms with Gasteiger partial charge in [0.1, 0.15) is 0 Å². The van der Waals surface area contributed by atoms with Crippen LogP contribution in [-0.4, -0.2) is 21.0 Å². The second-order valence-electron chi connectivity index (χ2n) is 4.19. The Morgan fingerprint density at radius 3 is 2.85 bits per heavy atom. The van der Waals surface area contributed by atoms with E-state index in [-0.39, 0.29) is 5.84 Å².